The Morgan fingerprint density at radius 3 is 2.65 bits per heavy atom. The van der Waals surface area contributed by atoms with E-state index in [4.69, 9.17) is 11.5 Å². The lowest BCUT2D eigenvalue weighted by Crippen LogP contribution is -2.20. The van der Waals surface area contributed by atoms with Crippen molar-refractivity contribution in [2.24, 2.45) is 5.73 Å². The minimum Gasteiger partial charge on any atom is -0.396 e. The van der Waals surface area contributed by atoms with E-state index in [9.17, 15) is 4.79 Å². The van der Waals surface area contributed by atoms with Gasteiger partial charge < -0.3 is 16.8 Å². The van der Waals surface area contributed by atoms with Crippen molar-refractivity contribution in [1.29, 1.82) is 0 Å². The quantitative estimate of drug-likeness (QED) is 0.662. The molecule has 0 radical (unpaired) electrons. The number of nitrogens with two attached hydrogens (primary N) is 2. The number of hydrogen-bond donors (Lipinski definition) is 3. The second-order valence-corrected chi connectivity index (χ2v) is 4.17. The zero-order valence-corrected chi connectivity index (χ0v) is 10.5. The maximum Gasteiger partial charge on any atom is 0.250 e. The van der Waals surface area contributed by atoms with Gasteiger partial charge in [-0.05, 0) is 25.0 Å². The van der Waals surface area contributed by atoms with Crippen molar-refractivity contribution >= 4 is 17.3 Å². The van der Waals surface area contributed by atoms with Crippen LogP contribution >= 0.6 is 0 Å². The summed E-state index contributed by atoms with van der Waals surface area (Å²) in [5.41, 5.74) is 12.8. The molecule has 0 bridgehead atoms. The smallest absolute Gasteiger partial charge is 0.250 e. The van der Waals surface area contributed by atoms with Crippen LogP contribution in [0, 0.1) is 0 Å². The zero-order chi connectivity index (χ0) is 12.8. The van der Waals surface area contributed by atoms with Crippen molar-refractivity contribution in [2.75, 3.05) is 11.1 Å². The molecule has 4 nitrogen and oxygen atoms in total. The number of carbonyl (C=O) groups is 1. The number of carbonyl (C=O) groups excluding carboxylic acids is 1. The maximum atomic E-state index is 11.2. The first-order valence-corrected chi connectivity index (χ1v) is 6.04. The molecule has 0 saturated heterocycles. The number of benzene rings is 1. The summed E-state index contributed by atoms with van der Waals surface area (Å²) in [6.07, 6.45) is 3.21. The highest BCUT2D eigenvalue weighted by atomic mass is 16.1. The molecule has 0 aromatic heterocycles. The lowest BCUT2D eigenvalue weighted by molar-refractivity contribution is 0.100. The highest BCUT2D eigenvalue weighted by Crippen LogP contribution is 2.24. The minimum atomic E-state index is -0.491. The number of amides is 1. The number of hydrogen-bond acceptors (Lipinski definition) is 3. The third-order valence-electron chi connectivity index (χ3n) is 2.86. The van der Waals surface area contributed by atoms with E-state index >= 15 is 0 Å². The van der Waals surface area contributed by atoms with E-state index in [1.165, 1.54) is 0 Å². The number of nitrogen functional groups attached to an aromatic ring is 1. The van der Waals surface area contributed by atoms with Crippen LogP contribution in [0.4, 0.5) is 11.4 Å². The number of primary amides is 1. The van der Waals surface area contributed by atoms with Gasteiger partial charge in [0.25, 0.3) is 5.91 Å². The molecule has 5 N–H and O–H groups in total. The summed E-state index contributed by atoms with van der Waals surface area (Å²) in [5.74, 6) is -0.491. The summed E-state index contributed by atoms with van der Waals surface area (Å²) >= 11 is 0. The summed E-state index contributed by atoms with van der Waals surface area (Å²) in [7, 11) is 0. The molecular formula is C13H21N3O. The molecule has 0 aliphatic rings. The highest BCUT2D eigenvalue weighted by molar-refractivity contribution is 6.00. The summed E-state index contributed by atoms with van der Waals surface area (Å²) in [6.45, 7) is 4.27. The largest absolute Gasteiger partial charge is 0.396 e. The van der Waals surface area contributed by atoms with Gasteiger partial charge in [-0.15, -0.1) is 0 Å². The normalized spacial score (nSPS) is 12.1. The van der Waals surface area contributed by atoms with Gasteiger partial charge in [-0.1, -0.05) is 26.3 Å². The molecule has 0 aliphatic heterocycles. The van der Waals surface area contributed by atoms with Crippen LogP contribution in [-0.4, -0.2) is 11.9 Å². The molecule has 0 heterocycles. The lowest BCUT2D eigenvalue weighted by Gasteiger charge is -2.19. The number of rotatable bonds is 6. The highest BCUT2D eigenvalue weighted by Gasteiger charge is 2.11. The SMILES string of the molecule is CCCC(CC)Nc1cccc(C(N)=O)c1N. The van der Waals surface area contributed by atoms with Crippen molar-refractivity contribution in [3.63, 3.8) is 0 Å². The molecule has 94 valence electrons. The van der Waals surface area contributed by atoms with Crippen LogP contribution in [0.3, 0.4) is 0 Å². The molecule has 1 aromatic rings. The standard InChI is InChI=1S/C13H21N3O/c1-3-6-9(4-2)16-11-8-5-7-10(12(11)14)13(15)17/h5,7-9,16H,3-4,6,14H2,1-2H3,(H2,15,17). The van der Waals surface area contributed by atoms with E-state index in [-0.39, 0.29) is 0 Å². The fourth-order valence-corrected chi connectivity index (χ4v) is 1.85. The molecule has 0 aliphatic carbocycles. The molecule has 1 atom stereocenters. The fourth-order valence-electron chi connectivity index (χ4n) is 1.85. The molecule has 1 unspecified atom stereocenters. The summed E-state index contributed by atoms with van der Waals surface area (Å²) in [4.78, 5) is 11.2. The van der Waals surface area contributed by atoms with E-state index in [2.05, 4.69) is 19.2 Å². The molecule has 0 fully saturated rings. The Kier molecular flexibility index (Phi) is 4.82. The second kappa shape index (κ2) is 6.13. The van der Waals surface area contributed by atoms with Crippen LogP contribution in [0.2, 0.25) is 0 Å². The molecule has 0 spiro atoms. The van der Waals surface area contributed by atoms with Crippen molar-refractivity contribution in [3.05, 3.63) is 23.8 Å². The third kappa shape index (κ3) is 3.37. The Morgan fingerprint density at radius 1 is 1.41 bits per heavy atom. The van der Waals surface area contributed by atoms with E-state index < -0.39 is 5.91 Å². The van der Waals surface area contributed by atoms with Gasteiger partial charge in [0, 0.05) is 6.04 Å². The Hall–Kier alpha value is -1.71. The zero-order valence-electron chi connectivity index (χ0n) is 10.5. The van der Waals surface area contributed by atoms with Crippen molar-refractivity contribution in [1.82, 2.24) is 0 Å². The maximum absolute atomic E-state index is 11.2. The molecule has 17 heavy (non-hydrogen) atoms. The predicted octanol–water partition coefficient (Wildman–Crippen LogP) is 2.36. The Morgan fingerprint density at radius 2 is 2.12 bits per heavy atom. The van der Waals surface area contributed by atoms with Crippen LogP contribution in [-0.2, 0) is 0 Å². The molecule has 4 heteroatoms. The van der Waals surface area contributed by atoms with Gasteiger partial charge in [-0.3, -0.25) is 4.79 Å². The van der Waals surface area contributed by atoms with E-state index in [1.807, 2.05) is 6.07 Å². The van der Waals surface area contributed by atoms with Gasteiger partial charge in [-0.25, -0.2) is 0 Å². The monoisotopic (exact) mass is 235 g/mol. The van der Waals surface area contributed by atoms with Crippen LogP contribution in [0.5, 0.6) is 0 Å². The van der Waals surface area contributed by atoms with E-state index in [0.29, 0.717) is 17.3 Å². The topological polar surface area (TPSA) is 81.1 Å². The van der Waals surface area contributed by atoms with Gasteiger partial charge >= 0.3 is 0 Å². The van der Waals surface area contributed by atoms with Crippen molar-refractivity contribution in [2.45, 2.75) is 39.2 Å². The van der Waals surface area contributed by atoms with Gasteiger partial charge in [0.1, 0.15) is 0 Å². The lowest BCUT2D eigenvalue weighted by atomic mass is 10.1. The number of para-hydroxylation sites is 1. The number of nitrogens with one attached hydrogen (secondary N) is 1. The van der Waals surface area contributed by atoms with Gasteiger partial charge in [0.05, 0.1) is 16.9 Å². The van der Waals surface area contributed by atoms with Gasteiger partial charge in [0.15, 0.2) is 0 Å². The first-order chi connectivity index (χ1) is 8.10. The van der Waals surface area contributed by atoms with E-state index in [0.717, 1.165) is 24.9 Å². The van der Waals surface area contributed by atoms with Crippen LogP contribution in [0.1, 0.15) is 43.5 Å². The average molecular weight is 235 g/mol. The molecule has 1 amide bonds. The molecular weight excluding hydrogens is 214 g/mol. The first kappa shape index (κ1) is 13.4. The Bertz CT molecular complexity index is 390. The van der Waals surface area contributed by atoms with Crippen molar-refractivity contribution < 1.29 is 4.79 Å². The average Bonchev–Trinajstić information content (AvgIpc) is 2.30. The molecule has 0 saturated carbocycles. The summed E-state index contributed by atoms with van der Waals surface area (Å²) in [5, 5.41) is 3.36. The summed E-state index contributed by atoms with van der Waals surface area (Å²) in [6, 6.07) is 5.69. The fraction of sp³-hybridized carbons (Fsp3) is 0.462. The first-order valence-electron chi connectivity index (χ1n) is 6.04. The molecule has 1 aromatic carbocycles. The minimum absolute atomic E-state index is 0.376. The second-order valence-electron chi connectivity index (χ2n) is 4.17. The van der Waals surface area contributed by atoms with Crippen LogP contribution < -0.4 is 16.8 Å². The van der Waals surface area contributed by atoms with Crippen LogP contribution in [0.15, 0.2) is 18.2 Å². The molecule has 1 rings (SSSR count). The van der Waals surface area contributed by atoms with Gasteiger partial charge in [0.2, 0.25) is 0 Å². The summed E-state index contributed by atoms with van der Waals surface area (Å²) < 4.78 is 0. The predicted molar refractivity (Wildman–Crippen MR) is 72.0 cm³/mol. The van der Waals surface area contributed by atoms with Gasteiger partial charge in [-0.2, -0.15) is 0 Å². The Balaban J connectivity index is 2.91. The third-order valence-corrected chi connectivity index (χ3v) is 2.86. The Labute approximate surface area is 102 Å². The van der Waals surface area contributed by atoms with E-state index in [1.54, 1.807) is 12.1 Å². The van der Waals surface area contributed by atoms with Crippen molar-refractivity contribution in [3.8, 4) is 0 Å². The van der Waals surface area contributed by atoms with Crippen LogP contribution in [0.25, 0.3) is 0 Å². The number of anilines is 2.